The third-order valence-corrected chi connectivity index (χ3v) is 2.55. The van der Waals surface area contributed by atoms with Gasteiger partial charge in [-0.15, -0.1) is 0 Å². The van der Waals surface area contributed by atoms with Gasteiger partial charge in [-0.2, -0.15) is 8.78 Å². The number of amides is 1. The maximum atomic E-state index is 13.6. The number of aromatic nitrogens is 1. The van der Waals surface area contributed by atoms with Crippen molar-refractivity contribution in [2.24, 2.45) is 5.73 Å². The molecule has 0 aliphatic rings. The fraction of sp³-hybridized carbons (Fsp3) is 0.0909. The molecule has 0 atom stereocenters. The monoisotopic (exact) mass is 308 g/mol. The molecule has 0 fully saturated rings. The normalized spacial score (nSPS) is 11.7. The van der Waals surface area contributed by atoms with Crippen LogP contribution in [0.2, 0.25) is 0 Å². The van der Waals surface area contributed by atoms with E-state index in [4.69, 9.17) is 17.3 Å². The lowest BCUT2D eigenvalue weighted by molar-refractivity contribution is 0.0587. The van der Waals surface area contributed by atoms with Crippen molar-refractivity contribution >= 4 is 17.5 Å². The number of hydrogen-bond acceptors (Lipinski definition) is 3. The Balaban J connectivity index is 2.69. The first kappa shape index (κ1) is 14.3. The van der Waals surface area contributed by atoms with Crippen LogP contribution in [0.4, 0.5) is 17.6 Å². The van der Waals surface area contributed by atoms with Crippen molar-refractivity contribution in [1.82, 2.24) is 5.16 Å². The van der Waals surface area contributed by atoms with Gasteiger partial charge in [0.05, 0.1) is 0 Å². The molecule has 0 aliphatic carbocycles. The van der Waals surface area contributed by atoms with Crippen molar-refractivity contribution in [2.45, 2.75) is 5.38 Å². The van der Waals surface area contributed by atoms with E-state index in [9.17, 15) is 22.4 Å². The number of primary amides is 1. The smallest absolute Gasteiger partial charge is 0.365 e. The molecule has 4 nitrogen and oxygen atoms in total. The van der Waals surface area contributed by atoms with E-state index in [1.54, 1.807) is 0 Å². The zero-order valence-electron chi connectivity index (χ0n) is 9.46. The lowest BCUT2D eigenvalue weighted by Gasteiger charge is -2.05. The maximum Gasteiger partial charge on any atom is 0.383 e. The van der Waals surface area contributed by atoms with Gasteiger partial charge in [-0.05, 0) is 23.7 Å². The Kier molecular flexibility index (Phi) is 3.43. The first-order valence-electron chi connectivity index (χ1n) is 5.04. The molecule has 2 N–H and O–H groups in total. The Morgan fingerprint density at radius 3 is 2.50 bits per heavy atom. The van der Waals surface area contributed by atoms with Gasteiger partial charge >= 0.3 is 5.38 Å². The summed E-state index contributed by atoms with van der Waals surface area (Å²) in [5, 5.41) is -0.888. The molecule has 2 aromatic rings. The molecule has 0 radical (unpaired) electrons. The van der Waals surface area contributed by atoms with E-state index in [0.717, 1.165) is 12.1 Å². The summed E-state index contributed by atoms with van der Waals surface area (Å²) in [6.45, 7) is 0. The summed E-state index contributed by atoms with van der Waals surface area (Å²) in [5.74, 6) is -4.64. The highest BCUT2D eigenvalue weighted by atomic mass is 35.5. The zero-order chi connectivity index (χ0) is 15.1. The molecule has 1 aromatic carbocycles. The summed E-state index contributed by atoms with van der Waals surface area (Å²) in [5.41, 5.74) is 3.08. The number of nitrogens with two attached hydrogens (primary N) is 1. The van der Waals surface area contributed by atoms with Crippen LogP contribution in [0.25, 0.3) is 11.3 Å². The molecule has 0 saturated heterocycles. The summed E-state index contributed by atoms with van der Waals surface area (Å²) in [7, 11) is 0. The minimum atomic E-state index is -4.05. The van der Waals surface area contributed by atoms with Gasteiger partial charge in [-0.25, -0.2) is 8.78 Å². The first-order chi connectivity index (χ1) is 9.21. The number of halogens is 5. The van der Waals surface area contributed by atoms with Crippen LogP contribution >= 0.6 is 11.6 Å². The van der Waals surface area contributed by atoms with Gasteiger partial charge in [-0.1, -0.05) is 5.16 Å². The second-order valence-corrected chi connectivity index (χ2v) is 4.20. The summed E-state index contributed by atoms with van der Waals surface area (Å²) >= 11 is 4.74. The largest absolute Gasteiger partial charge is 0.383 e. The van der Waals surface area contributed by atoms with Crippen LogP contribution < -0.4 is 5.73 Å². The minimum Gasteiger partial charge on any atom is -0.365 e. The highest BCUT2D eigenvalue weighted by molar-refractivity contribution is 6.22. The SMILES string of the molecule is NC(=O)c1c(-c2ccc(F)cc2F)noc1C(F)(F)Cl. The molecule has 20 heavy (non-hydrogen) atoms. The van der Waals surface area contributed by atoms with Gasteiger partial charge in [0.15, 0.2) is 0 Å². The standard InChI is InChI=1S/C11H5ClF4N2O2/c12-11(15,16)9-7(10(17)19)8(18-20-9)5-2-1-4(13)3-6(5)14/h1-3H,(H2,17,19). The molecule has 1 heterocycles. The lowest BCUT2D eigenvalue weighted by atomic mass is 10.0. The van der Waals surface area contributed by atoms with E-state index in [1.165, 1.54) is 0 Å². The van der Waals surface area contributed by atoms with Crippen molar-refractivity contribution in [3.05, 3.63) is 41.2 Å². The van der Waals surface area contributed by atoms with Gasteiger partial charge in [0.2, 0.25) is 5.76 Å². The van der Waals surface area contributed by atoms with Gasteiger partial charge < -0.3 is 10.3 Å². The first-order valence-corrected chi connectivity index (χ1v) is 5.41. The van der Waals surface area contributed by atoms with Crippen LogP contribution in [0.5, 0.6) is 0 Å². The topological polar surface area (TPSA) is 69.1 Å². The summed E-state index contributed by atoms with van der Waals surface area (Å²) < 4.78 is 56.7. The minimum absolute atomic E-state index is 0.420. The van der Waals surface area contributed by atoms with Gasteiger partial charge in [0, 0.05) is 11.6 Å². The van der Waals surface area contributed by atoms with Gasteiger partial charge in [0.1, 0.15) is 22.9 Å². The number of alkyl halides is 3. The van der Waals surface area contributed by atoms with Crippen LogP contribution in [0.1, 0.15) is 16.1 Å². The molecule has 0 unspecified atom stereocenters. The summed E-state index contributed by atoms with van der Waals surface area (Å²) in [6.07, 6.45) is 0. The fourth-order valence-corrected chi connectivity index (χ4v) is 1.71. The number of rotatable bonds is 3. The third kappa shape index (κ3) is 2.46. The average Bonchev–Trinajstić information content (AvgIpc) is 2.72. The lowest BCUT2D eigenvalue weighted by Crippen LogP contribution is -2.17. The molecule has 1 aromatic heterocycles. The predicted molar refractivity (Wildman–Crippen MR) is 60.1 cm³/mol. The van der Waals surface area contributed by atoms with Crippen LogP contribution in [0.3, 0.4) is 0 Å². The van der Waals surface area contributed by atoms with E-state index in [0.29, 0.717) is 6.07 Å². The number of nitrogens with zero attached hydrogens (tertiary/aromatic N) is 1. The molecule has 0 spiro atoms. The van der Waals surface area contributed by atoms with Crippen molar-refractivity contribution in [1.29, 1.82) is 0 Å². The zero-order valence-corrected chi connectivity index (χ0v) is 10.2. The number of carbonyl (C=O) groups is 1. The van der Waals surface area contributed by atoms with E-state index < -0.39 is 45.5 Å². The van der Waals surface area contributed by atoms with Crippen molar-refractivity contribution in [3.63, 3.8) is 0 Å². The molecular formula is C11H5ClF4N2O2. The molecular weight excluding hydrogens is 304 g/mol. The summed E-state index contributed by atoms with van der Waals surface area (Å²) in [4.78, 5) is 11.2. The van der Waals surface area contributed by atoms with E-state index in [1.807, 2.05) is 0 Å². The summed E-state index contributed by atoms with van der Waals surface area (Å²) in [6, 6.07) is 2.26. The molecule has 0 saturated carbocycles. The molecule has 0 aliphatic heterocycles. The van der Waals surface area contributed by atoms with E-state index >= 15 is 0 Å². The van der Waals surface area contributed by atoms with E-state index in [-0.39, 0.29) is 0 Å². The van der Waals surface area contributed by atoms with Gasteiger partial charge in [0.25, 0.3) is 5.91 Å². The predicted octanol–water partition coefficient (Wildman–Crippen LogP) is 3.01. The van der Waals surface area contributed by atoms with Gasteiger partial charge in [-0.3, -0.25) is 4.79 Å². The quantitative estimate of drug-likeness (QED) is 0.700. The number of benzene rings is 1. The highest BCUT2D eigenvalue weighted by Gasteiger charge is 2.40. The maximum absolute atomic E-state index is 13.6. The van der Waals surface area contributed by atoms with Crippen molar-refractivity contribution < 1.29 is 26.9 Å². The fourth-order valence-electron chi connectivity index (χ4n) is 1.58. The third-order valence-electron chi connectivity index (χ3n) is 2.38. The van der Waals surface area contributed by atoms with Crippen molar-refractivity contribution in [2.75, 3.05) is 0 Å². The van der Waals surface area contributed by atoms with Crippen LogP contribution in [0.15, 0.2) is 22.7 Å². The van der Waals surface area contributed by atoms with Crippen LogP contribution in [0, 0.1) is 11.6 Å². The Morgan fingerprint density at radius 2 is 2.00 bits per heavy atom. The van der Waals surface area contributed by atoms with Crippen molar-refractivity contribution in [3.8, 4) is 11.3 Å². The highest BCUT2D eigenvalue weighted by Crippen LogP contribution is 2.38. The van der Waals surface area contributed by atoms with E-state index in [2.05, 4.69) is 9.68 Å². The molecule has 106 valence electrons. The molecule has 1 amide bonds. The average molecular weight is 309 g/mol. The molecule has 2 rings (SSSR count). The Bertz CT molecular complexity index is 682. The Labute approximate surface area is 114 Å². The Morgan fingerprint density at radius 1 is 1.35 bits per heavy atom. The number of hydrogen-bond donors (Lipinski definition) is 1. The van der Waals surface area contributed by atoms with Crippen LogP contribution in [-0.4, -0.2) is 11.1 Å². The second-order valence-electron chi connectivity index (χ2n) is 3.72. The molecule has 9 heteroatoms. The second kappa shape index (κ2) is 4.78. The van der Waals surface area contributed by atoms with Crippen LogP contribution in [-0.2, 0) is 5.38 Å². The number of carbonyl (C=O) groups excluding carboxylic acids is 1. The molecule has 0 bridgehead atoms. The Hall–Kier alpha value is -2.09.